The van der Waals surface area contributed by atoms with Gasteiger partial charge in [0.15, 0.2) is 0 Å². The van der Waals surface area contributed by atoms with Gasteiger partial charge >= 0.3 is 0 Å². The van der Waals surface area contributed by atoms with Gasteiger partial charge in [-0.05, 0) is 50.6 Å². The molecule has 21 heavy (non-hydrogen) atoms. The Hall–Kier alpha value is -0.860. The molecule has 2 fully saturated rings. The van der Waals surface area contributed by atoms with E-state index in [1.807, 2.05) is 0 Å². The molecule has 1 heterocycles. The first kappa shape index (κ1) is 15.1. The third kappa shape index (κ3) is 4.31. The number of rotatable bonds is 7. The number of piperidine rings is 1. The lowest BCUT2D eigenvalue weighted by atomic mass is 9.99. The Kier molecular flexibility index (Phi) is 5.32. The predicted molar refractivity (Wildman–Crippen MR) is 89.6 cm³/mol. The van der Waals surface area contributed by atoms with Crippen LogP contribution in [-0.4, -0.2) is 36.1 Å². The van der Waals surface area contributed by atoms with E-state index in [-0.39, 0.29) is 0 Å². The zero-order valence-electron chi connectivity index (χ0n) is 13.4. The molecule has 2 atom stereocenters. The molecule has 1 N–H and O–H groups in total. The van der Waals surface area contributed by atoms with Crippen molar-refractivity contribution in [3.05, 3.63) is 35.9 Å². The van der Waals surface area contributed by atoms with Crippen molar-refractivity contribution < 1.29 is 0 Å². The highest BCUT2D eigenvalue weighted by molar-refractivity contribution is 5.16. The van der Waals surface area contributed by atoms with Crippen LogP contribution in [0.4, 0.5) is 0 Å². The summed E-state index contributed by atoms with van der Waals surface area (Å²) in [5, 5.41) is 3.73. The lowest BCUT2D eigenvalue weighted by Crippen LogP contribution is -2.48. The second-order valence-corrected chi connectivity index (χ2v) is 6.83. The van der Waals surface area contributed by atoms with Crippen molar-refractivity contribution in [1.29, 1.82) is 0 Å². The quantitative estimate of drug-likeness (QED) is 0.823. The molecule has 2 nitrogen and oxygen atoms in total. The molecule has 0 spiro atoms. The summed E-state index contributed by atoms with van der Waals surface area (Å²) in [6, 6.07) is 13.3. The largest absolute Gasteiger partial charge is 0.313 e. The number of hydrogen-bond acceptors (Lipinski definition) is 2. The van der Waals surface area contributed by atoms with E-state index in [1.54, 1.807) is 0 Å². The van der Waals surface area contributed by atoms with Crippen molar-refractivity contribution in [2.45, 2.75) is 70.0 Å². The highest BCUT2D eigenvalue weighted by atomic mass is 15.2. The minimum atomic E-state index is 0.712. The zero-order chi connectivity index (χ0) is 14.5. The summed E-state index contributed by atoms with van der Waals surface area (Å²) in [5.41, 5.74) is 1.49. The fraction of sp³-hybridized carbons (Fsp3) is 0.684. The van der Waals surface area contributed by atoms with Crippen molar-refractivity contribution in [3.63, 3.8) is 0 Å². The lowest BCUT2D eigenvalue weighted by molar-refractivity contribution is 0.151. The van der Waals surface area contributed by atoms with Crippen LogP contribution < -0.4 is 5.32 Å². The molecule has 3 rings (SSSR count). The molecule has 0 radical (unpaired) electrons. The van der Waals surface area contributed by atoms with Crippen molar-refractivity contribution in [2.24, 2.45) is 0 Å². The number of nitrogens with zero attached hydrogens (tertiary/aromatic N) is 1. The summed E-state index contributed by atoms with van der Waals surface area (Å²) in [6.07, 6.45) is 9.44. The molecule has 0 aromatic heterocycles. The van der Waals surface area contributed by atoms with Crippen LogP contribution in [0.25, 0.3) is 0 Å². The molecule has 0 amide bonds. The van der Waals surface area contributed by atoms with Crippen molar-refractivity contribution in [1.82, 2.24) is 10.2 Å². The van der Waals surface area contributed by atoms with Crippen molar-refractivity contribution in [3.8, 4) is 0 Å². The molecule has 2 unspecified atom stereocenters. The Morgan fingerprint density at radius 2 is 1.95 bits per heavy atom. The van der Waals surface area contributed by atoms with E-state index in [1.165, 1.54) is 63.6 Å². The molecule has 1 aromatic carbocycles. The number of hydrogen-bond donors (Lipinski definition) is 1. The maximum Gasteiger partial charge on any atom is 0.0195 e. The van der Waals surface area contributed by atoms with Gasteiger partial charge in [-0.3, -0.25) is 4.90 Å². The molecule has 0 bridgehead atoms. The predicted octanol–water partition coefficient (Wildman–Crippen LogP) is 3.61. The van der Waals surface area contributed by atoms with Crippen LogP contribution in [-0.2, 0) is 6.42 Å². The van der Waals surface area contributed by atoms with E-state index in [0.717, 1.165) is 12.1 Å². The molecule has 1 saturated carbocycles. The van der Waals surface area contributed by atoms with E-state index >= 15 is 0 Å². The van der Waals surface area contributed by atoms with Gasteiger partial charge in [-0.15, -0.1) is 0 Å². The fourth-order valence-electron chi connectivity index (χ4n) is 3.72. The molecule has 2 heteroatoms. The molecule has 1 aliphatic carbocycles. The van der Waals surface area contributed by atoms with E-state index in [4.69, 9.17) is 0 Å². The lowest BCUT2D eigenvalue weighted by Gasteiger charge is -2.36. The van der Waals surface area contributed by atoms with Gasteiger partial charge in [0.2, 0.25) is 0 Å². The Bertz CT molecular complexity index is 407. The summed E-state index contributed by atoms with van der Waals surface area (Å²) < 4.78 is 0. The minimum Gasteiger partial charge on any atom is -0.313 e. The zero-order valence-corrected chi connectivity index (χ0v) is 13.4. The molecule has 1 aromatic rings. The van der Waals surface area contributed by atoms with Crippen LogP contribution in [0.1, 0.15) is 51.0 Å². The van der Waals surface area contributed by atoms with Gasteiger partial charge in [-0.25, -0.2) is 0 Å². The van der Waals surface area contributed by atoms with E-state index in [2.05, 4.69) is 47.5 Å². The first-order chi connectivity index (χ1) is 10.4. The molecular weight excluding hydrogens is 256 g/mol. The highest BCUT2D eigenvalue weighted by Gasteiger charge is 2.34. The monoisotopic (exact) mass is 286 g/mol. The van der Waals surface area contributed by atoms with Crippen LogP contribution in [0.5, 0.6) is 0 Å². The molecular formula is C19H30N2. The van der Waals surface area contributed by atoms with Gasteiger partial charge < -0.3 is 5.32 Å². The maximum atomic E-state index is 3.73. The van der Waals surface area contributed by atoms with Gasteiger partial charge in [0.05, 0.1) is 0 Å². The molecule has 1 saturated heterocycles. The summed E-state index contributed by atoms with van der Waals surface area (Å²) in [6.45, 7) is 4.84. The smallest absolute Gasteiger partial charge is 0.0195 e. The average Bonchev–Trinajstić information content (AvgIpc) is 3.37. The van der Waals surface area contributed by atoms with Crippen molar-refractivity contribution in [2.75, 3.05) is 13.1 Å². The molecule has 2 aliphatic rings. The fourth-order valence-corrected chi connectivity index (χ4v) is 3.72. The topological polar surface area (TPSA) is 15.3 Å². The minimum absolute atomic E-state index is 0.712. The van der Waals surface area contributed by atoms with Crippen LogP contribution in [0.15, 0.2) is 30.3 Å². The third-order valence-electron chi connectivity index (χ3n) is 5.11. The van der Waals surface area contributed by atoms with Crippen molar-refractivity contribution >= 4 is 0 Å². The number of benzene rings is 1. The maximum absolute atomic E-state index is 3.73. The van der Waals surface area contributed by atoms with Gasteiger partial charge in [0, 0.05) is 24.7 Å². The second kappa shape index (κ2) is 7.42. The Morgan fingerprint density at radius 1 is 1.14 bits per heavy atom. The summed E-state index contributed by atoms with van der Waals surface area (Å²) in [7, 11) is 0. The Labute approximate surface area is 129 Å². The first-order valence-electron chi connectivity index (χ1n) is 8.90. The second-order valence-electron chi connectivity index (χ2n) is 6.83. The summed E-state index contributed by atoms with van der Waals surface area (Å²) >= 11 is 0. The average molecular weight is 286 g/mol. The van der Waals surface area contributed by atoms with Crippen LogP contribution >= 0.6 is 0 Å². The summed E-state index contributed by atoms with van der Waals surface area (Å²) in [5.74, 6) is 0. The molecule has 1 aliphatic heterocycles. The Morgan fingerprint density at radius 3 is 2.57 bits per heavy atom. The highest BCUT2D eigenvalue weighted by Crippen LogP contribution is 2.31. The van der Waals surface area contributed by atoms with Gasteiger partial charge in [0.1, 0.15) is 0 Å². The number of nitrogens with one attached hydrogen (secondary N) is 1. The van der Waals surface area contributed by atoms with Gasteiger partial charge in [0.25, 0.3) is 0 Å². The van der Waals surface area contributed by atoms with Gasteiger partial charge in [-0.2, -0.15) is 0 Å². The standard InChI is InChI=1S/C19H30N2/c1-2-18(14-16-8-4-3-5-9-16)21(19-11-12-19)15-17-10-6-7-13-20-17/h3-5,8-9,17-20H,2,6-7,10-15H2,1H3. The van der Waals surface area contributed by atoms with E-state index < -0.39 is 0 Å². The SMILES string of the molecule is CCC(Cc1ccccc1)N(CC1CCCCN1)C1CC1. The van der Waals surface area contributed by atoms with Crippen LogP contribution in [0.3, 0.4) is 0 Å². The first-order valence-corrected chi connectivity index (χ1v) is 8.90. The van der Waals surface area contributed by atoms with Crippen LogP contribution in [0, 0.1) is 0 Å². The van der Waals surface area contributed by atoms with E-state index in [9.17, 15) is 0 Å². The van der Waals surface area contributed by atoms with E-state index in [0.29, 0.717) is 6.04 Å². The Balaban J connectivity index is 1.63. The molecule has 116 valence electrons. The van der Waals surface area contributed by atoms with Gasteiger partial charge in [-0.1, -0.05) is 43.7 Å². The van der Waals surface area contributed by atoms with Crippen LogP contribution in [0.2, 0.25) is 0 Å². The summed E-state index contributed by atoms with van der Waals surface area (Å²) in [4.78, 5) is 2.83. The normalized spacial score (nSPS) is 24.2. The third-order valence-corrected chi connectivity index (χ3v) is 5.11.